The molecular formula is C28H26N6O2. The molecule has 2 heterocycles. The van der Waals surface area contributed by atoms with E-state index in [1.54, 1.807) is 37.7 Å². The van der Waals surface area contributed by atoms with Crippen LogP contribution in [0, 0.1) is 16.7 Å². The standard InChI is InChI=1S/C28H26N6O2/c1-28(2,3)25(35)22-16-30-26-24(22)33-23(17-31-26)32-20-12-10-18(11-13-20)14-19(15-29)27(36)34(4)21-8-6-5-7-9-21/h5-14,16-17H,1-4H3,(H,30,31)(H,32,33)/b19-14-. The largest absolute Gasteiger partial charge is 0.344 e. The summed E-state index contributed by atoms with van der Waals surface area (Å²) in [6.07, 6.45) is 4.79. The number of benzene rings is 2. The maximum atomic E-state index is 12.8. The topological polar surface area (TPSA) is 115 Å². The molecule has 0 fully saturated rings. The average Bonchev–Trinajstić information content (AvgIpc) is 3.30. The lowest BCUT2D eigenvalue weighted by molar-refractivity contribution is -0.114. The Balaban J connectivity index is 1.52. The number of hydrogen-bond acceptors (Lipinski definition) is 6. The molecule has 0 saturated heterocycles. The number of anilines is 3. The molecule has 0 aliphatic heterocycles. The number of carbonyl (C=O) groups excluding carboxylic acids is 2. The Morgan fingerprint density at radius 1 is 1.08 bits per heavy atom. The number of carbonyl (C=O) groups is 2. The summed E-state index contributed by atoms with van der Waals surface area (Å²) in [5, 5.41) is 12.8. The van der Waals surface area contributed by atoms with Crippen LogP contribution < -0.4 is 10.2 Å². The van der Waals surface area contributed by atoms with Crippen LogP contribution in [0.25, 0.3) is 17.2 Å². The van der Waals surface area contributed by atoms with Crippen molar-refractivity contribution in [2.45, 2.75) is 20.8 Å². The summed E-state index contributed by atoms with van der Waals surface area (Å²) in [6.45, 7) is 5.60. The molecule has 0 atom stereocenters. The molecule has 0 bridgehead atoms. The van der Waals surface area contributed by atoms with Gasteiger partial charge in [-0.3, -0.25) is 9.59 Å². The van der Waals surface area contributed by atoms with Gasteiger partial charge in [0.05, 0.1) is 11.8 Å². The van der Waals surface area contributed by atoms with Crippen LogP contribution in [0.5, 0.6) is 0 Å². The number of nitrogens with zero attached hydrogens (tertiary/aromatic N) is 4. The van der Waals surface area contributed by atoms with Crippen LogP contribution in [-0.4, -0.2) is 33.7 Å². The smallest absolute Gasteiger partial charge is 0.268 e. The van der Waals surface area contributed by atoms with Crippen LogP contribution in [0.4, 0.5) is 17.2 Å². The SMILES string of the molecule is CN(C(=O)/C(C#N)=C\c1ccc(Nc2cnc3[nH]cc(C(=O)C(C)(C)C)c3n2)cc1)c1ccccc1. The Morgan fingerprint density at radius 2 is 1.78 bits per heavy atom. The Kier molecular flexibility index (Phi) is 6.66. The summed E-state index contributed by atoms with van der Waals surface area (Å²) >= 11 is 0. The number of rotatable bonds is 6. The van der Waals surface area contributed by atoms with Crippen molar-refractivity contribution in [1.82, 2.24) is 15.0 Å². The normalized spacial score (nSPS) is 11.7. The first-order valence-electron chi connectivity index (χ1n) is 11.4. The van der Waals surface area contributed by atoms with E-state index in [-0.39, 0.29) is 17.3 Å². The van der Waals surface area contributed by atoms with Gasteiger partial charge >= 0.3 is 0 Å². The first-order valence-corrected chi connectivity index (χ1v) is 11.4. The first kappa shape index (κ1) is 24.4. The predicted molar refractivity (Wildman–Crippen MR) is 141 cm³/mol. The zero-order chi connectivity index (χ0) is 25.9. The van der Waals surface area contributed by atoms with Crippen LogP contribution in [0.3, 0.4) is 0 Å². The molecule has 0 aliphatic carbocycles. The van der Waals surface area contributed by atoms with Gasteiger partial charge in [-0.25, -0.2) is 9.97 Å². The summed E-state index contributed by atoms with van der Waals surface area (Å²) < 4.78 is 0. The van der Waals surface area contributed by atoms with Gasteiger partial charge in [0, 0.05) is 30.0 Å². The van der Waals surface area contributed by atoms with Crippen molar-refractivity contribution in [3.8, 4) is 6.07 Å². The van der Waals surface area contributed by atoms with E-state index >= 15 is 0 Å². The van der Waals surface area contributed by atoms with Crippen LogP contribution in [0.2, 0.25) is 0 Å². The number of nitriles is 1. The van der Waals surface area contributed by atoms with Gasteiger partial charge in [0.2, 0.25) is 0 Å². The third kappa shape index (κ3) is 5.15. The van der Waals surface area contributed by atoms with E-state index in [2.05, 4.69) is 20.3 Å². The zero-order valence-electron chi connectivity index (χ0n) is 20.5. The van der Waals surface area contributed by atoms with Crippen LogP contribution in [0.15, 0.2) is 72.6 Å². The highest BCUT2D eigenvalue weighted by atomic mass is 16.2. The van der Waals surface area contributed by atoms with Crippen LogP contribution >= 0.6 is 0 Å². The van der Waals surface area contributed by atoms with Gasteiger partial charge < -0.3 is 15.2 Å². The summed E-state index contributed by atoms with van der Waals surface area (Å²) in [4.78, 5) is 39.0. The lowest BCUT2D eigenvalue weighted by Crippen LogP contribution is -2.27. The Morgan fingerprint density at radius 3 is 2.42 bits per heavy atom. The maximum Gasteiger partial charge on any atom is 0.268 e. The maximum absolute atomic E-state index is 12.8. The number of hydrogen-bond donors (Lipinski definition) is 2. The number of nitrogens with one attached hydrogen (secondary N) is 2. The molecule has 36 heavy (non-hydrogen) atoms. The molecule has 0 spiro atoms. The summed E-state index contributed by atoms with van der Waals surface area (Å²) in [6, 6.07) is 18.4. The second-order valence-corrected chi connectivity index (χ2v) is 9.35. The van der Waals surface area contributed by atoms with Crippen molar-refractivity contribution in [3.63, 3.8) is 0 Å². The molecule has 2 aromatic heterocycles. The summed E-state index contributed by atoms with van der Waals surface area (Å²) in [5.74, 6) is 0.0874. The molecule has 4 rings (SSSR count). The molecule has 0 radical (unpaired) electrons. The summed E-state index contributed by atoms with van der Waals surface area (Å²) in [5.41, 5.74) is 3.20. The number of likely N-dealkylation sites (N-methyl/N-ethyl adjacent to an activating group) is 1. The van der Waals surface area contributed by atoms with E-state index < -0.39 is 5.41 Å². The van der Waals surface area contributed by atoms with Crippen molar-refractivity contribution in [3.05, 3.63) is 83.7 Å². The highest BCUT2D eigenvalue weighted by Crippen LogP contribution is 2.26. The van der Waals surface area contributed by atoms with E-state index in [9.17, 15) is 14.9 Å². The number of Topliss-reactive ketones (excluding diaryl/α,β-unsaturated/α-hetero) is 1. The van der Waals surface area contributed by atoms with Crippen molar-refractivity contribution >= 4 is 46.1 Å². The molecule has 0 saturated carbocycles. The minimum atomic E-state index is -0.539. The van der Waals surface area contributed by atoms with Gasteiger partial charge in [-0.1, -0.05) is 51.1 Å². The second-order valence-electron chi connectivity index (χ2n) is 9.35. The molecule has 8 heteroatoms. The molecule has 8 nitrogen and oxygen atoms in total. The number of aromatic amines is 1. The number of ketones is 1. The van der Waals surface area contributed by atoms with Gasteiger partial charge in [-0.05, 0) is 35.9 Å². The van der Waals surface area contributed by atoms with E-state index in [1.165, 1.54) is 4.90 Å². The first-order chi connectivity index (χ1) is 17.2. The quantitative estimate of drug-likeness (QED) is 0.215. The van der Waals surface area contributed by atoms with Crippen LogP contribution in [-0.2, 0) is 4.79 Å². The highest BCUT2D eigenvalue weighted by Gasteiger charge is 2.26. The van der Waals surface area contributed by atoms with Crippen molar-refractivity contribution < 1.29 is 9.59 Å². The third-order valence-electron chi connectivity index (χ3n) is 5.60. The third-order valence-corrected chi connectivity index (χ3v) is 5.60. The molecule has 4 aromatic rings. The van der Waals surface area contributed by atoms with Crippen molar-refractivity contribution in [2.75, 3.05) is 17.3 Å². The minimum Gasteiger partial charge on any atom is -0.344 e. The number of fused-ring (bicyclic) bond motifs is 1. The fraction of sp³-hybridized carbons (Fsp3) is 0.179. The van der Waals surface area contributed by atoms with Gasteiger partial charge in [0.1, 0.15) is 23.0 Å². The van der Waals surface area contributed by atoms with Gasteiger partial charge in [-0.15, -0.1) is 0 Å². The molecule has 2 aromatic carbocycles. The van der Waals surface area contributed by atoms with Gasteiger partial charge in [0.15, 0.2) is 11.4 Å². The number of para-hydroxylation sites is 1. The zero-order valence-corrected chi connectivity index (χ0v) is 20.5. The predicted octanol–water partition coefficient (Wildman–Crippen LogP) is 5.50. The van der Waals surface area contributed by atoms with E-state index in [1.807, 2.05) is 69.3 Å². The Labute approximate surface area is 209 Å². The summed E-state index contributed by atoms with van der Waals surface area (Å²) in [7, 11) is 1.64. The Bertz CT molecular complexity index is 1490. The van der Waals surface area contributed by atoms with Gasteiger partial charge in [0.25, 0.3) is 5.91 Å². The number of amides is 1. The number of H-pyrrole nitrogens is 1. The molecule has 0 unspecified atom stereocenters. The van der Waals surface area contributed by atoms with Gasteiger partial charge in [-0.2, -0.15) is 5.26 Å². The monoisotopic (exact) mass is 478 g/mol. The minimum absolute atomic E-state index is 0.0166. The van der Waals surface area contributed by atoms with Crippen molar-refractivity contribution in [2.24, 2.45) is 5.41 Å². The number of aromatic nitrogens is 3. The second kappa shape index (κ2) is 9.84. The molecule has 0 aliphatic rings. The lowest BCUT2D eigenvalue weighted by atomic mass is 9.87. The Hall–Kier alpha value is -4.77. The van der Waals surface area contributed by atoms with E-state index in [4.69, 9.17) is 0 Å². The highest BCUT2D eigenvalue weighted by molar-refractivity contribution is 6.11. The van der Waals surface area contributed by atoms with E-state index in [0.29, 0.717) is 33.8 Å². The molecule has 1 amide bonds. The average molecular weight is 479 g/mol. The molecule has 2 N–H and O–H groups in total. The fourth-order valence-corrected chi connectivity index (χ4v) is 3.60. The molecular weight excluding hydrogens is 452 g/mol. The van der Waals surface area contributed by atoms with E-state index in [0.717, 1.165) is 5.69 Å². The van der Waals surface area contributed by atoms with Crippen LogP contribution in [0.1, 0.15) is 36.7 Å². The lowest BCUT2D eigenvalue weighted by Gasteiger charge is -2.16. The fourth-order valence-electron chi connectivity index (χ4n) is 3.60. The molecule has 180 valence electrons. The van der Waals surface area contributed by atoms with Crippen molar-refractivity contribution in [1.29, 1.82) is 5.26 Å².